The standard InChI is InChI=1S/C25H18ClFN2O5/c1-33-22-12-15(9-10-21(22)34-14-16-5-2-3-8-20(16)27)11-19-23(30)28-25(32)29(24(19)31)18-7-4-6-17(26)13-18/h2-13H,14H2,1H3,(H,28,30,32). The molecule has 0 saturated carbocycles. The number of amides is 4. The molecule has 172 valence electrons. The van der Waals surface area contributed by atoms with Crippen LogP contribution in [0.25, 0.3) is 6.08 Å². The fourth-order valence-corrected chi connectivity index (χ4v) is 3.52. The summed E-state index contributed by atoms with van der Waals surface area (Å²) in [4.78, 5) is 38.6. The molecule has 0 bridgehead atoms. The molecule has 1 aliphatic heterocycles. The van der Waals surface area contributed by atoms with E-state index >= 15 is 0 Å². The van der Waals surface area contributed by atoms with Crippen LogP contribution in [0.1, 0.15) is 11.1 Å². The van der Waals surface area contributed by atoms with Crippen molar-refractivity contribution in [3.8, 4) is 11.5 Å². The summed E-state index contributed by atoms with van der Waals surface area (Å²) in [6, 6.07) is 16.3. The first-order chi connectivity index (χ1) is 16.4. The Morgan fingerprint density at radius 1 is 1.00 bits per heavy atom. The highest BCUT2D eigenvalue weighted by Gasteiger charge is 2.36. The molecule has 1 saturated heterocycles. The molecule has 1 fully saturated rings. The molecule has 9 heteroatoms. The van der Waals surface area contributed by atoms with Crippen LogP contribution in [0.3, 0.4) is 0 Å². The first-order valence-electron chi connectivity index (χ1n) is 10.1. The highest BCUT2D eigenvalue weighted by Crippen LogP contribution is 2.31. The minimum atomic E-state index is -0.871. The molecule has 0 spiro atoms. The second kappa shape index (κ2) is 9.76. The summed E-state index contributed by atoms with van der Waals surface area (Å²) in [7, 11) is 1.43. The van der Waals surface area contributed by atoms with Crippen LogP contribution in [0, 0.1) is 5.82 Å². The van der Waals surface area contributed by atoms with E-state index in [9.17, 15) is 18.8 Å². The zero-order chi connectivity index (χ0) is 24.2. The van der Waals surface area contributed by atoms with Crippen LogP contribution < -0.4 is 19.7 Å². The Morgan fingerprint density at radius 3 is 2.53 bits per heavy atom. The molecule has 7 nitrogen and oxygen atoms in total. The molecule has 1 heterocycles. The number of ether oxygens (including phenoxy) is 2. The van der Waals surface area contributed by atoms with E-state index < -0.39 is 17.8 Å². The van der Waals surface area contributed by atoms with Crippen molar-refractivity contribution in [2.45, 2.75) is 6.61 Å². The quantitative estimate of drug-likeness (QED) is 0.407. The summed E-state index contributed by atoms with van der Waals surface area (Å²) in [5, 5.41) is 2.49. The number of hydrogen-bond donors (Lipinski definition) is 1. The molecule has 4 rings (SSSR count). The number of urea groups is 1. The van der Waals surface area contributed by atoms with Gasteiger partial charge in [-0.05, 0) is 48.0 Å². The third-order valence-corrected chi connectivity index (χ3v) is 5.24. The lowest BCUT2D eigenvalue weighted by Gasteiger charge is -2.26. The Kier molecular flexibility index (Phi) is 6.60. The Morgan fingerprint density at radius 2 is 1.79 bits per heavy atom. The maximum absolute atomic E-state index is 13.9. The second-order valence-electron chi connectivity index (χ2n) is 7.23. The largest absolute Gasteiger partial charge is 0.493 e. The molecule has 0 aliphatic carbocycles. The number of anilines is 1. The van der Waals surface area contributed by atoms with Crippen LogP contribution in [0.5, 0.6) is 11.5 Å². The van der Waals surface area contributed by atoms with Gasteiger partial charge in [0.1, 0.15) is 18.0 Å². The maximum atomic E-state index is 13.9. The fourth-order valence-electron chi connectivity index (χ4n) is 3.34. The molecule has 1 N–H and O–H groups in total. The van der Waals surface area contributed by atoms with Gasteiger partial charge in [-0.2, -0.15) is 0 Å². The van der Waals surface area contributed by atoms with Crippen molar-refractivity contribution >= 4 is 41.2 Å². The zero-order valence-corrected chi connectivity index (χ0v) is 18.6. The van der Waals surface area contributed by atoms with Gasteiger partial charge in [-0.25, -0.2) is 14.1 Å². The lowest BCUT2D eigenvalue weighted by Crippen LogP contribution is -2.54. The van der Waals surface area contributed by atoms with E-state index in [0.717, 1.165) is 4.90 Å². The molecular weight excluding hydrogens is 463 g/mol. The van der Waals surface area contributed by atoms with Crippen molar-refractivity contribution < 1.29 is 28.2 Å². The normalized spacial score (nSPS) is 14.9. The topological polar surface area (TPSA) is 84.9 Å². The number of hydrogen-bond acceptors (Lipinski definition) is 5. The van der Waals surface area contributed by atoms with Gasteiger partial charge in [-0.3, -0.25) is 14.9 Å². The van der Waals surface area contributed by atoms with Gasteiger partial charge in [0.05, 0.1) is 12.8 Å². The van der Waals surface area contributed by atoms with Crippen LogP contribution in [0.2, 0.25) is 5.02 Å². The van der Waals surface area contributed by atoms with Gasteiger partial charge in [-0.1, -0.05) is 41.9 Å². The van der Waals surface area contributed by atoms with Gasteiger partial charge < -0.3 is 9.47 Å². The maximum Gasteiger partial charge on any atom is 0.335 e. The second-order valence-corrected chi connectivity index (χ2v) is 7.66. The first kappa shape index (κ1) is 23.0. The number of carbonyl (C=O) groups is 3. The Balaban J connectivity index is 1.60. The minimum Gasteiger partial charge on any atom is -0.493 e. The van der Waals surface area contributed by atoms with Gasteiger partial charge in [0.25, 0.3) is 11.8 Å². The summed E-state index contributed by atoms with van der Waals surface area (Å²) in [6.45, 7) is -0.0128. The van der Waals surface area contributed by atoms with Crippen molar-refractivity contribution in [3.05, 3.63) is 94.3 Å². The average Bonchev–Trinajstić information content (AvgIpc) is 2.81. The van der Waals surface area contributed by atoms with Crippen molar-refractivity contribution in [2.75, 3.05) is 12.0 Å². The number of nitrogens with one attached hydrogen (secondary N) is 1. The fraction of sp³-hybridized carbons (Fsp3) is 0.0800. The smallest absolute Gasteiger partial charge is 0.335 e. The lowest BCUT2D eigenvalue weighted by molar-refractivity contribution is -0.122. The molecule has 0 atom stereocenters. The number of methoxy groups -OCH3 is 1. The Hall–Kier alpha value is -4.17. The number of barbiturate groups is 1. The van der Waals surface area contributed by atoms with E-state index in [1.165, 1.54) is 31.4 Å². The highest BCUT2D eigenvalue weighted by molar-refractivity contribution is 6.39. The number of nitrogens with zero attached hydrogens (tertiary/aromatic N) is 1. The number of imide groups is 2. The van der Waals surface area contributed by atoms with Gasteiger partial charge in [0.15, 0.2) is 11.5 Å². The summed E-state index contributed by atoms with van der Waals surface area (Å²) >= 11 is 5.98. The number of benzene rings is 3. The Labute approximate surface area is 199 Å². The van der Waals surface area contributed by atoms with Crippen molar-refractivity contribution in [3.63, 3.8) is 0 Å². The molecular formula is C25H18ClFN2O5. The molecule has 3 aromatic rings. The van der Waals surface area contributed by atoms with Crippen LogP contribution in [-0.4, -0.2) is 25.0 Å². The molecule has 0 radical (unpaired) electrons. The first-order valence-corrected chi connectivity index (χ1v) is 10.5. The predicted molar refractivity (Wildman–Crippen MR) is 124 cm³/mol. The van der Waals surface area contributed by atoms with E-state index in [2.05, 4.69) is 5.32 Å². The average molecular weight is 481 g/mol. The molecule has 3 aromatic carbocycles. The summed E-state index contributed by atoms with van der Waals surface area (Å²) in [5.41, 5.74) is 0.810. The van der Waals surface area contributed by atoms with Crippen molar-refractivity contribution in [2.24, 2.45) is 0 Å². The van der Waals surface area contributed by atoms with Crippen LogP contribution in [-0.2, 0) is 16.2 Å². The highest BCUT2D eigenvalue weighted by atomic mass is 35.5. The third-order valence-electron chi connectivity index (χ3n) is 5.01. The van der Waals surface area contributed by atoms with Gasteiger partial charge in [0, 0.05) is 10.6 Å². The molecule has 4 amide bonds. The molecule has 34 heavy (non-hydrogen) atoms. The molecule has 0 unspecified atom stereocenters. The van der Waals surface area contributed by atoms with Crippen LogP contribution in [0.4, 0.5) is 14.9 Å². The van der Waals surface area contributed by atoms with E-state index in [0.29, 0.717) is 27.6 Å². The summed E-state index contributed by atoms with van der Waals surface area (Å²) < 4.78 is 24.9. The lowest BCUT2D eigenvalue weighted by atomic mass is 10.1. The molecule has 0 aromatic heterocycles. The number of halogens is 2. The van der Waals surface area contributed by atoms with E-state index in [1.807, 2.05) is 0 Å². The van der Waals surface area contributed by atoms with E-state index in [1.54, 1.807) is 48.5 Å². The summed E-state index contributed by atoms with van der Waals surface area (Å²) in [6.07, 6.45) is 1.34. The number of carbonyl (C=O) groups excluding carboxylic acids is 3. The van der Waals surface area contributed by atoms with Gasteiger partial charge >= 0.3 is 6.03 Å². The number of rotatable bonds is 6. The van der Waals surface area contributed by atoms with E-state index in [4.69, 9.17) is 21.1 Å². The van der Waals surface area contributed by atoms with Crippen LogP contribution in [0.15, 0.2) is 72.3 Å². The SMILES string of the molecule is COc1cc(C=C2C(=O)NC(=O)N(c3cccc(Cl)c3)C2=O)ccc1OCc1ccccc1F. The van der Waals surface area contributed by atoms with Crippen molar-refractivity contribution in [1.29, 1.82) is 0 Å². The van der Waals surface area contributed by atoms with Gasteiger partial charge in [0.2, 0.25) is 0 Å². The van der Waals surface area contributed by atoms with E-state index in [-0.39, 0.29) is 23.7 Å². The molecule has 1 aliphatic rings. The van der Waals surface area contributed by atoms with Gasteiger partial charge in [-0.15, -0.1) is 0 Å². The van der Waals surface area contributed by atoms with Crippen LogP contribution >= 0.6 is 11.6 Å². The third kappa shape index (κ3) is 4.77. The van der Waals surface area contributed by atoms with Crippen molar-refractivity contribution in [1.82, 2.24) is 5.32 Å². The summed E-state index contributed by atoms with van der Waals surface area (Å²) in [5.74, 6) is -1.34. The Bertz CT molecular complexity index is 1320. The monoisotopic (exact) mass is 480 g/mol. The predicted octanol–water partition coefficient (Wildman–Crippen LogP) is 4.73. The zero-order valence-electron chi connectivity index (χ0n) is 17.9. The minimum absolute atomic E-state index is 0.0128.